The predicted octanol–water partition coefficient (Wildman–Crippen LogP) is 3.06. The van der Waals surface area contributed by atoms with Crippen molar-refractivity contribution in [2.24, 2.45) is 0 Å². The topological polar surface area (TPSA) is 27.0 Å². The molecule has 0 aliphatic carbocycles. The molecule has 0 aromatic heterocycles. The van der Waals surface area contributed by atoms with Crippen molar-refractivity contribution >= 4 is 5.69 Å². The van der Waals surface area contributed by atoms with Gasteiger partial charge in [-0.15, -0.1) is 0 Å². The standard InChI is InChI=1S/C14H18N2/c1-10(2)16-9-14(3,4)12-7-11(8-15)5-6-13(12)16/h5-7,10H,9H2,1-4H3. The highest BCUT2D eigenvalue weighted by Crippen LogP contribution is 2.41. The van der Waals surface area contributed by atoms with Gasteiger partial charge in [0.2, 0.25) is 0 Å². The van der Waals surface area contributed by atoms with Crippen LogP contribution in [0.2, 0.25) is 0 Å². The van der Waals surface area contributed by atoms with Crippen molar-refractivity contribution in [3.8, 4) is 6.07 Å². The maximum atomic E-state index is 8.95. The smallest absolute Gasteiger partial charge is 0.0991 e. The molecule has 2 rings (SSSR count). The summed E-state index contributed by atoms with van der Waals surface area (Å²) in [6, 6.07) is 8.77. The van der Waals surface area contributed by atoms with Crippen LogP contribution in [0.25, 0.3) is 0 Å². The molecule has 1 aromatic rings. The largest absolute Gasteiger partial charge is 0.368 e. The van der Waals surface area contributed by atoms with Crippen LogP contribution in [0.1, 0.15) is 38.8 Å². The lowest BCUT2D eigenvalue weighted by atomic mass is 9.86. The Labute approximate surface area is 97.5 Å². The van der Waals surface area contributed by atoms with Crippen molar-refractivity contribution < 1.29 is 0 Å². The predicted molar refractivity (Wildman–Crippen MR) is 66.7 cm³/mol. The molecule has 0 N–H and O–H groups in total. The van der Waals surface area contributed by atoms with Gasteiger partial charge in [0.05, 0.1) is 11.6 Å². The van der Waals surface area contributed by atoms with Crippen LogP contribution in [-0.4, -0.2) is 12.6 Å². The molecule has 0 bridgehead atoms. The van der Waals surface area contributed by atoms with Crippen LogP contribution in [0, 0.1) is 11.3 Å². The summed E-state index contributed by atoms with van der Waals surface area (Å²) in [5.41, 5.74) is 3.50. The Morgan fingerprint density at radius 1 is 1.38 bits per heavy atom. The van der Waals surface area contributed by atoms with Gasteiger partial charge < -0.3 is 4.90 Å². The molecule has 0 unspecified atom stereocenters. The lowest BCUT2D eigenvalue weighted by molar-refractivity contribution is 0.531. The first-order valence-corrected chi connectivity index (χ1v) is 5.77. The van der Waals surface area contributed by atoms with E-state index in [0.717, 1.165) is 12.1 Å². The molecule has 0 amide bonds. The molecule has 0 saturated heterocycles. The Morgan fingerprint density at radius 3 is 2.62 bits per heavy atom. The number of fused-ring (bicyclic) bond motifs is 1. The molecule has 1 aliphatic rings. The highest BCUT2D eigenvalue weighted by Gasteiger charge is 2.35. The minimum absolute atomic E-state index is 0.145. The molecule has 2 nitrogen and oxygen atoms in total. The van der Waals surface area contributed by atoms with E-state index in [0.29, 0.717) is 6.04 Å². The molecule has 0 spiro atoms. The molecular weight excluding hydrogens is 196 g/mol. The number of hydrogen-bond acceptors (Lipinski definition) is 2. The molecule has 2 heteroatoms. The molecule has 0 fully saturated rings. The monoisotopic (exact) mass is 214 g/mol. The summed E-state index contributed by atoms with van der Waals surface area (Å²) in [6.45, 7) is 9.95. The molecule has 1 aliphatic heterocycles. The molecular formula is C14H18N2. The van der Waals surface area contributed by atoms with E-state index < -0.39 is 0 Å². The van der Waals surface area contributed by atoms with E-state index in [4.69, 9.17) is 5.26 Å². The minimum Gasteiger partial charge on any atom is -0.368 e. The fourth-order valence-electron chi connectivity index (χ4n) is 2.46. The Kier molecular flexibility index (Phi) is 2.42. The molecule has 0 atom stereocenters. The van der Waals surface area contributed by atoms with Crippen molar-refractivity contribution in [3.05, 3.63) is 29.3 Å². The first kappa shape index (κ1) is 11.0. The van der Waals surface area contributed by atoms with Crippen molar-refractivity contribution in [2.45, 2.75) is 39.2 Å². The number of rotatable bonds is 1. The first-order chi connectivity index (χ1) is 7.45. The van der Waals surface area contributed by atoms with Crippen molar-refractivity contribution in [2.75, 3.05) is 11.4 Å². The van der Waals surface area contributed by atoms with E-state index >= 15 is 0 Å². The van der Waals surface area contributed by atoms with Crippen molar-refractivity contribution in [3.63, 3.8) is 0 Å². The van der Waals surface area contributed by atoms with E-state index in [-0.39, 0.29) is 5.41 Å². The number of nitrogens with zero attached hydrogens (tertiary/aromatic N) is 2. The number of nitriles is 1. The van der Waals surface area contributed by atoms with Gasteiger partial charge >= 0.3 is 0 Å². The summed E-state index contributed by atoms with van der Waals surface area (Å²) in [4.78, 5) is 2.41. The van der Waals surface area contributed by atoms with Crippen LogP contribution < -0.4 is 4.90 Å². The molecule has 1 aromatic carbocycles. The second kappa shape index (κ2) is 3.52. The average Bonchev–Trinajstić information content (AvgIpc) is 2.51. The van der Waals surface area contributed by atoms with E-state index in [9.17, 15) is 0 Å². The first-order valence-electron chi connectivity index (χ1n) is 5.77. The summed E-state index contributed by atoms with van der Waals surface area (Å²) < 4.78 is 0. The fourth-order valence-corrected chi connectivity index (χ4v) is 2.46. The van der Waals surface area contributed by atoms with E-state index in [2.05, 4.69) is 44.7 Å². The van der Waals surface area contributed by atoms with Crippen LogP contribution in [0.5, 0.6) is 0 Å². The van der Waals surface area contributed by atoms with Gasteiger partial charge in [-0.05, 0) is 37.6 Å². The molecule has 16 heavy (non-hydrogen) atoms. The third-order valence-corrected chi connectivity index (χ3v) is 3.35. The number of hydrogen-bond donors (Lipinski definition) is 0. The molecule has 0 radical (unpaired) electrons. The van der Waals surface area contributed by atoms with E-state index in [1.165, 1.54) is 11.3 Å². The van der Waals surface area contributed by atoms with Gasteiger partial charge in [0, 0.05) is 23.7 Å². The van der Waals surface area contributed by atoms with Gasteiger partial charge in [-0.3, -0.25) is 0 Å². The van der Waals surface area contributed by atoms with E-state index in [1.54, 1.807) is 0 Å². The van der Waals surface area contributed by atoms with Gasteiger partial charge in [-0.2, -0.15) is 5.26 Å². The second-order valence-corrected chi connectivity index (χ2v) is 5.45. The Hall–Kier alpha value is -1.49. The Bertz CT molecular complexity index is 452. The second-order valence-electron chi connectivity index (χ2n) is 5.45. The molecule has 0 saturated carbocycles. The third-order valence-electron chi connectivity index (χ3n) is 3.35. The summed E-state index contributed by atoms with van der Waals surface area (Å²) in [5, 5.41) is 8.95. The maximum Gasteiger partial charge on any atom is 0.0991 e. The Morgan fingerprint density at radius 2 is 2.06 bits per heavy atom. The van der Waals surface area contributed by atoms with Crippen LogP contribution in [-0.2, 0) is 5.41 Å². The fraction of sp³-hybridized carbons (Fsp3) is 0.500. The molecule has 84 valence electrons. The normalized spacial score (nSPS) is 17.4. The van der Waals surface area contributed by atoms with Gasteiger partial charge in [0.25, 0.3) is 0 Å². The minimum atomic E-state index is 0.145. The van der Waals surface area contributed by atoms with Gasteiger partial charge in [0.15, 0.2) is 0 Å². The number of anilines is 1. The average molecular weight is 214 g/mol. The maximum absolute atomic E-state index is 8.95. The highest BCUT2D eigenvalue weighted by atomic mass is 15.2. The summed E-state index contributed by atoms with van der Waals surface area (Å²) >= 11 is 0. The molecule has 1 heterocycles. The lowest BCUT2D eigenvalue weighted by Gasteiger charge is -2.26. The summed E-state index contributed by atoms with van der Waals surface area (Å²) in [5.74, 6) is 0. The van der Waals surface area contributed by atoms with Crippen LogP contribution in [0.3, 0.4) is 0 Å². The number of benzene rings is 1. The zero-order chi connectivity index (χ0) is 11.9. The SMILES string of the molecule is CC(C)N1CC(C)(C)c2cc(C#N)ccc21. The highest BCUT2D eigenvalue weighted by molar-refractivity contribution is 5.64. The van der Waals surface area contributed by atoms with Crippen LogP contribution >= 0.6 is 0 Å². The van der Waals surface area contributed by atoms with Gasteiger partial charge in [-0.25, -0.2) is 0 Å². The quantitative estimate of drug-likeness (QED) is 0.718. The van der Waals surface area contributed by atoms with Gasteiger partial charge in [0.1, 0.15) is 0 Å². The van der Waals surface area contributed by atoms with Crippen LogP contribution in [0.15, 0.2) is 18.2 Å². The van der Waals surface area contributed by atoms with E-state index in [1.807, 2.05) is 12.1 Å². The van der Waals surface area contributed by atoms with Crippen LogP contribution in [0.4, 0.5) is 5.69 Å². The zero-order valence-electron chi connectivity index (χ0n) is 10.4. The Balaban J connectivity index is 2.55. The zero-order valence-corrected chi connectivity index (χ0v) is 10.4. The summed E-state index contributed by atoms with van der Waals surface area (Å²) in [7, 11) is 0. The van der Waals surface area contributed by atoms with Gasteiger partial charge in [-0.1, -0.05) is 13.8 Å². The summed E-state index contributed by atoms with van der Waals surface area (Å²) in [6.07, 6.45) is 0. The van der Waals surface area contributed by atoms with Crippen molar-refractivity contribution in [1.82, 2.24) is 0 Å². The lowest BCUT2D eigenvalue weighted by Crippen LogP contribution is -2.33. The van der Waals surface area contributed by atoms with Crippen molar-refractivity contribution in [1.29, 1.82) is 5.26 Å². The third kappa shape index (κ3) is 1.57.